The first-order valence-electron chi connectivity index (χ1n) is 3.01. The zero-order chi connectivity index (χ0) is 9.14. The van der Waals surface area contributed by atoms with Gasteiger partial charge in [-0.3, -0.25) is 4.99 Å². The molecule has 1 aliphatic heterocycles. The molecule has 0 bridgehead atoms. The third-order valence-corrected chi connectivity index (χ3v) is 2.02. The van der Waals surface area contributed by atoms with E-state index in [1.54, 1.807) is 0 Å². The monoisotopic (exact) mass is 187 g/mol. The van der Waals surface area contributed by atoms with Gasteiger partial charge in [0.2, 0.25) is 10.3 Å². The second-order valence-corrected chi connectivity index (χ2v) is 2.98. The van der Waals surface area contributed by atoms with Crippen LogP contribution in [0.3, 0.4) is 0 Å². The van der Waals surface area contributed by atoms with Crippen molar-refractivity contribution in [3.63, 3.8) is 0 Å². The standard InChI is InChI=1S/C6H5NO4S/c8-6(9)5-4(12(10)11)2-1-3-7-5/h1-3,5H,(H,8,9). The number of hydrogen-bond donors (Lipinski definition) is 1. The van der Waals surface area contributed by atoms with E-state index >= 15 is 0 Å². The summed E-state index contributed by atoms with van der Waals surface area (Å²) < 4.78 is 20.9. The smallest absolute Gasteiger partial charge is 0.334 e. The molecule has 0 aromatic rings. The van der Waals surface area contributed by atoms with Crippen LogP contribution in [0.4, 0.5) is 0 Å². The highest BCUT2D eigenvalue weighted by atomic mass is 32.2. The Balaban J connectivity index is 3.19. The molecule has 0 aromatic heterocycles. The SMILES string of the molecule is O=C(O)C1N=CC=CC1=S(=O)=O. The molecule has 0 radical (unpaired) electrons. The predicted octanol–water partition coefficient (Wildman–Crippen LogP) is -0.868. The topological polar surface area (TPSA) is 83.8 Å². The number of allylic oxidation sites excluding steroid dienone is 1. The lowest BCUT2D eigenvalue weighted by atomic mass is 10.2. The van der Waals surface area contributed by atoms with Crippen LogP contribution in [0.2, 0.25) is 0 Å². The van der Waals surface area contributed by atoms with E-state index in [0.717, 1.165) is 0 Å². The van der Waals surface area contributed by atoms with Gasteiger partial charge in [0.1, 0.15) is 4.86 Å². The van der Waals surface area contributed by atoms with Crippen molar-refractivity contribution in [2.75, 3.05) is 0 Å². The third kappa shape index (κ3) is 1.59. The van der Waals surface area contributed by atoms with Crippen LogP contribution in [-0.4, -0.2) is 36.6 Å². The van der Waals surface area contributed by atoms with Crippen molar-refractivity contribution in [1.29, 1.82) is 0 Å². The molecular weight excluding hydrogens is 182 g/mol. The number of rotatable bonds is 1. The summed E-state index contributed by atoms with van der Waals surface area (Å²) in [5.74, 6) is -1.27. The number of carboxylic acid groups (broad SMARTS) is 1. The van der Waals surface area contributed by atoms with Gasteiger partial charge in [-0.05, 0) is 12.2 Å². The molecule has 0 fully saturated rings. The molecule has 1 rings (SSSR count). The second-order valence-electron chi connectivity index (χ2n) is 2.04. The van der Waals surface area contributed by atoms with Gasteiger partial charge in [-0.15, -0.1) is 0 Å². The lowest BCUT2D eigenvalue weighted by molar-refractivity contribution is -0.136. The van der Waals surface area contributed by atoms with Crippen molar-refractivity contribution >= 4 is 27.3 Å². The second kappa shape index (κ2) is 3.31. The Kier molecular flexibility index (Phi) is 2.39. The number of nitrogens with zero attached hydrogens (tertiary/aromatic N) is 1. The van der Waals surface area contributed by atoms with E-state index < -0.39 is 22.3 Å². The van der Waals surface area contributed by atoms with E-state index in [4.69, 9.17) is 5.11 Å². The van der Waals surface area contributed by atoms with Gasteiger partial charge in [0.25, 0.3) is 0 Å². The summed E-state index contributed by atoms with van der Waals surface area (Å²) in [6.07, 6.45) is 3.86. The first kappa shape index (κ1) is 8.66. The largest absolute Gasteiger partial charge is 0.479 e. The van der Waals surface area contributed by atoms with Crippen LogP contribution in [0, 0.1) is 0 Å². The highest BCUT2D eigenvalue weighted by Crippen LogP contribution is 2.00. The predicted molar refractivity (Wildman–Crippen MR) is 43.0 cm³/mol. The Morgan fingerprint density at radius 3 is 2.67 bits per heavy atom. The number of hydrogen-bond acceptors (Lipinski definition) is 4. The van der Waals surface area contributed by atoms with E-state index in [2.05, 4.69) is 4.99 Å². The Bertz CT molecular complexity index is 382. The van der Waals surface area contributed by atoms with E-state index in [9.17, 15) is 13.2 Å². The molecule has 1 unspecified atom stereocenters. The molecule has 12 heavy (non-hydrogen) atoms. The molecule has 0 saturated heterocycles. The van der Waals surface area contributed by atoms with Gasteiger partial charge in [0, 0.05) is 6.21 Å². The molecular formula is C6H5NO4S. The van der Waals surface area contributed by atoms with Crippen LogP contribution in [-0.2, 0) is 15.1 Å². The van der Waals surface area contributed by atoms with Crippen molar-refractivity contribution < 1.29 is 18.3 Å². The summed E-state index contributed by atoms with van der Waals surface area (Å²) in [6, 6.07) is -1.28. The Morgan fingerprint density at radius 1 is 1.58 bits per heavy atom. The van der Waals surface area contributed by atoms with E-state index in [-0.39, 0.29) is 4.86 Å². The number of aliphatic carboxylic acids is 1. The minimum atomic E-state index is -2.52. The molecule has 5 nitrogen and oxygen atoms in total. The molecule has 0 aliphatic carbocycles. The quantitative estimate of drug-likeness (QED) is 0.541. The molecule has 64 valence electrons. The van der Waals surface area contributed by atoms with Crippen LogP contribution >= 0.6 is 0 Å². The Morgan fingerprint density at radius 2 is 2.25 bits per heavy atom. The fourth-order valence-corrected chi connectivity index (χ4v) is 1.30. The lowest BCUT2D eigenvalue weighted by Gasteiger charge is -2.06. The van der Waals surface area contributed by atoms with E-state index in [0.29, 0.717) is 0 Å². The summed E-state index contributed by atoms with van der Waals surface area (Å²) in [7, 11) is -2.52. The number of carboxylic acids is 1. The van der Waals surface area contributed by atoms with E-state index in [1.807, 2.05) is 0 Å². The molecule has 1 N–H and O–H groups in total. The van der Waals surface area contributed by atoms with Gasteiger partial charge >= 0.3 is 5.97 Å². The molecule has 0 spiro atoms. The van der Waals surface area contributed by atoms with Gasteiger partial charge < -0.3 is 5.11 Å². The number of aliphatic imine (C=N–C) groups is 1. The first-order chi connectivity index (χ1) is 5.63. The molecule has 1 atom stereocenters. The lowest BCUT2D eigenvalue weighted by Crippen LogP contribution is -2.29. The summed E-state index contributed by atoms with van der Waals surface area (Å²) in [6.45, 7) is 0. The maximum atomic E-state index is 10.4. The molecule has 6 heteroatoms. The number of carbonyl (C=O) groups is 1. The van der Waals surface area contributed by atoms with Gasteiger partial charge in [-0.25, -0.2) is 4.79 Å². The molecule has 1 heterocycles. The van der Waals surface area contributed by atoms with Crippen LogP contribution in [0.15, 0.2) is 17.1 Å². The number of dihydropyridines is 1. The van der Waals surface area contributed by atoms with Crippen LogP contribution in [0.1, 0.15) is 0 Å². The van der Waals surface area contributed by atoms with Gasteiger partial charge in [-0.1, -0.05) is 0 Å². The minimum Gasteiger partial charge on any atom is -0.479 e. The summed E-state index contributed by atoms with van der Waals surface area (Å²) in [5.41, 5.74) is 0. The highest BCUT2D eigenvalue weighted by Gasteiger charge is 2.23. The third-order valence-electron chi connectivity index (χ3n) is 1.28. The average molecular weight is 187 g/mol. The zero-order valence-corrected chi connectivity index (χ0v) is 6.65. The van der Waals surface area contributed by atoms with E-state index in [1.165, 1.54) is 18.4 Å². The van der Waals surface area contributed by atoms with Gasteiger partial charge in [0.05, 0.1) is 0 Å². The zero-order valence-electron chi connectivity index (χ0n) is 5.84. The van der Waals surface area contributed by atoms with Crippen molar-refractivity contribution in [2.24, 2.45) is 4.99 Å². The fraction of sp³-hybridized carbons (Fsp3) is 0.167. The molecule has 1 aliphatic rings. The fourth-order valence-electron chi connectivity index (χ4n) is 0.770. The Labute approximate surface area is 69.6 Å². The molecule has 0 saturated carbocycles. The normalized spacial score (nSPS) is 21.0. The summed E-state index contributed by atoms with van der Waals surface area (Å²) in [5, 5.41) is 8.52. The summed E-state index contributed by atoms with van der Waals surface area (Å²) in [4.78, 5) is 13.7. The van der Waals surface area contributed by atoms with Crippen molar-refractivity contribution in [1.82, 2.24) is 0 Å². The van der Waals surface area contributed by atoms with Crippen molar-refractivity contribution in [2.45, 2.75) is 6.04 Å². The molecule has 0 amide bonds. The van der Waals surface area contributed by atoms with Gasteiger partial charge in [0.15, 0.2) is 6.04 Å². The van der Waals surface area contributed by atoms with Crippen LogP contribution in [0.5, 0.6) is 0 Å². The maximum absolute atomic E-state index is 10.4. The van der Waals surface area contributed by atoms with Crippen molar-refractivity contribution in [3.05, 3.63) is 12.2 Å². The molecule has 0 aromatic carbocycles. The summed E-state index contributed by atoms with van der Waals surface area (Å²) >= 11 is 0. The van der Waals surface area contributed by atoms with Crippen LogP contribution in [0.25, 0.3) is 0 Å². The average Bonchev–Trinajstić information content (AvgIpc) is 2.04. The van der Waals surface area contributed by atoms with Gasteiger partial charge in [-0.2, -0.15) is 8.42 Å². The van der Waals surface area contributed by atoms with Crippen LogP contribution < -0.4 is 0 Å². The highest BCUT2D eigenvalue weighted by molar-refractivity contribution is 7.73. The first-order valence-corrected chi connectivity index (χ1v) is 4.09. The van der Waals surface area contributed by atoms with Crippen molar-refractivity contribution in [3.8, 4) is 0 Å². The maximum Gasteiger partial charge on any atom is 0.334 e. The minimum absolute atomic E-state index is 0.218. The Hall–Kier alpha value is -1.43.